The van der Waals surface area contributed by atoms with E-state index in [-0.39, 0.29) is 24.1 Å². The third-order valence-electron chi connectivity index (χ3n) is 10.5. The fourth-order valence-electron chi connectivity index (χ4n) is 8.66. The lowest BCUT2D eigenvalue weighted by Crippen LogP contribution is -2.69. The Morgan fingerprint density at radius 2 is 1.82 bits per heavy atom. The van der Waals surface area contributed by atoms with E-state index in [2.05, 4.69) is 6.92 Å². The number of aliphatic hydroxyl groups excluding tert-OH is 1. The van der Waals surface area contributed by atoms with Gasteiger partial charge in [0, 0.05) is 27.7 Å². The van der Waals surface area contributed by atoms with Gasteiger partial charge in [0.15, 0.2) is 6.10 Å². The topological polar surface area (TPSA) is 129 Å². The molecule has 5 rings (SSSR count). The van der Waals surface area contributed by atoms with E-state index in [1.165, 1.54) is 7.11 Å². The molecule has 0 unspecified atom stereocenters. The summed E-state index contributed by atoms with van der Waals surface area (Å²) in [5.41, 5.74) is 0.0767. The number of aliphatic hydroxyl groups is 1. The van der Waals surface area contributed by atoms with Crippen molar-refractivity contribution in [2.24, 2.45) is 39.9 Å². The van der Waals surface area contributed by atoms with Gasteiger partial charge in [-0.2, -0.15) is 0 Å². The van der Waals surface area contributed by atoms with Crippen LogP contribution in [0.4, 0.5) is 0 Å². The lowest BCUT2D eigenvalue weighted by molar-refractivity contribution is -0.214. The highest BCUT2D eigenvalue weighted by atomic mass is 16.6. The smallest absolute Gasteiger partial charge is 0.335 e. The standard InChI is InChI=1S/C31H40O9/c1-15(2)27(35)40-26-18-12-17-19(31(6,24(18)34)23(29(26,3)4)22(33)28(36)37-7)8-10-30(5)20(17)13-21(32)39-25(30)16-9-11-38-14-16/h9,11,14-15,18-19,22-23,25-26,33H,8,10,12-13H2,1-7H3/t18-,19+,22-,23+,25+,26-,30-,31-/m1/s1. The number of fused-ring (bicyclic) bond motifs is 5. The lowest BCUT2D eigenvalue weighted by atomic mass is 9.40. The predicted octanol–water partition coefficient (Wildman–Crippen LogP) is 4.33. The minimum atomic E-state index is -1.61. The number of furan rings is 1. The summed E-state index contributed by atoms with van der Waals surface area (Å²) in [4.78, 5) is 53.2. The van der Waals surface area contributed by atoms with Crippen LogP contribution in [0.15, 0.2) is 34.2 Å². The van der Waals surface area contributed by atoms with Crippen molar-refractivity contribution in [3.8, 4) is 0 Å². The summed E-state index contributed by atoms with van der Waals surface area (Å²) in [7, 11) is 1.20. The first-order valence-electron chi connectivity index (χ1n) is 14.1. The molecule has 1 aromatic rings. The molecular formula is C31H40O9. The van der Waals surface area contributed by atoms with Crippen LogP contribution in [0.2, 0.25) is 0 Å². The monoisotopic (exact) mass is 556 g/mol. The summed E-state index contributed by atoms with van der Waals surface area (Å²) in [6.45, 7) is 11.1. The molecule has 1 N–H and O–H groups in total. The average Bonchev–Trinajstić information content (AvgIpc) is 3.42. The van der Waals surface area contributed by atoms with Gasteiger partial charge in [-0.25, -0.2) is 4.79 Å². The number of carbonyl (C=O) groups is 4. The number of carbonyl (C=O) groups excluding carboxylic acids is 4. The summed E-state index contributed by atoms with van der Waals surface area (Å²) < 4.78 is 22.2. The summed E-state index contributed by atoms with van der Waals surface area (Å²) in [6, 6.07) is 1.80. The van der Waals surface area contributed by atoms with Gasteiger partial charge in [-0.05, 0) is 36.8 Å². The van der Waals surface area contributed by atoms with Gasteiger partial charge in [0.05, 0.1) is 37.9 Å². The van der Waals surface area contributed by atoms with Gasteiger partial charge in [0.2, 0.25) is 0 Å². The van der Waals surface area contributed by atoms with Gasteiger partial charge in [0.1, 0.15) is 18.0 Å². The molecular weight excluding hydrogens is 516 g/mol. The van der Waals surface area contributed by atoms with Crippen molar-refractivity contribution in [1.82, 2.24) is 0 Å². The molecule has 0 radical (unpaired) electrons. The van der Waals surface area contributed by atoms with Crippen LogP contribution in [0.1, 0.15) is 78.9 Å². The van der Waals surface area contributed by atoms with Gasteiger partial charge < -0.3 is 23.7 Å². The van der Waals surface area contributed by atoms with Crippen molar-refractivity contribution in [3.05, 3.63) is 35.3 Å². The number of hydrogen-bond donors (Lipinski definition) is 1. The summed E-state index contributed by atoms with van der Waals surface area (Å²) >= 11 is 0. The number of methoxy groups -OCH3 is 1. The number of rotatable bonds is 5. The second-order valence-corrected chi connectivity index (χ2v) is 13.4. The van der Waals surface area contributed by atoms with E-state index in [1.54, 1.807) is 32.4 Å². The number of hydrogen-bond acceptors (Lipinski definition) is 9. The highest BCUT2D eigenvalue weighted by molar-refractivity contribution is 5.93. The van der Waals surface area contributed by atoms with E-state index in [9.17, 15) is 24.3 Å². The second-order valence-electron chi connectivity index (χ2n) is 13.4. The third-order valence-corrected chi connectivity index (χ3v) is 10.5. The van der Waals surface area contributed by atoms with Crippen molar-refractivity contribution < 1.29 is 42.9 Å². The first-order valence-corrected chi connectivity index (χ1v) is 14.1. The predicted molar refractivity (Wildman–Crippen MR) is 141 cm³/mol. The summed E-state index contributed by atoms with van der Waals surface area (Å²) in [5.74, 6) is -4.07. The molecule has 4 aliphatic rings. The largest absolute Gasteiger partial charge is 0.472 e. The molecule has 2 heterocycles. The van der Waals surface area contributed by atoms with E-state index in [0.29, 0.717) is 19.3 Å². The molecule has 0 spiro atoms. The summed E-state index contributed by atoms with van der Waals surface area (Å²) in [6.07, 6.45) is 1.80. The van der Waals surface area contributed by atoms with Crippen molar-refractivity contribution in [1.29, 1.82) is 0 Å². The van der Waals surface area contributed by atoms with E-state index in [1.807, 2.05) is 20.8 Å². The molecule has 40 heavy (non-hydrogen) atoms. The van der Waals surface area contributed by atoms with Crippen molar-refractivity contribution in [2.75, 3.05) is 7.11 Å². The number of ether oxygens (including phenoxy) is 3. The Labute approximate surface area is 234 Å². The highest BCUT2D eigenvalue weighted by Gasteiger charge is 2.70. The maximum atomic E-state index is 14.4. The van der Waals surface area contributed by atoms with Gasteiger partial charge in [0.25, 0.3) is 0 Å². The molecule has 0 aromatic carbocycles. The molecule has 9 nitrogen and oxygen atoms in total. The molecule has 2 bridgehead atoms. The molecule has 0 amide bonds. The SMILES string of the molecule is COC(=O)[C@H](O)[C@H]1C(C)(C)[C@H](OC(=O)C(C)C)[C@@H]2CC3=C4CC(=O)O[C@@H](c5ccoc5)[C@]4(C)CC[C@@H]3[C@@]1(C)C2=O. The zero-order chi connectivity index (χ0) is 29.4. The zero-order valence-electron chi connectivity index (χ0n) is 24.3. The summed E-state index contributed by atoms with van der Waals surface area (Å²) in [5, 5.41) is 11.4. The van der Waals surface area contributed by atoms with E-state index >= 15 is 0 Å². The molecule has 1 saturated heterocycles. The van der Waals surface area contributed by atoms with Crippen LogP contribution in [0.3, 0.4) is 0 Å². The molecule has 9 heteroatoms. The van der Waals surface area contributed by atoms with Crippen LogP contribution in [0.25, 0.3) is 0 Å². The Balaban J connectivity index is 1.71. The number of allylic oxidation sites excluding steroid dienone is 1. The minimum absolute atomic E-state index is 0.0950. The van der Waals surface area contributed by atoms with Crippen LogP contribution in [0, 0.1) is 39.9 Å². The molecule has 8 atom stereocenters. The normalized spacial score (nSPS) is 37.3. The number of esters is 3. The third kappa shape index (κ3) is 3.90. The molecule has 2 saturated carbocycles. The van der Waals surface area contributed by atoms with Gasteiger partial charge >= 0.3 is 17.9 Å². The fraction of sp³-hybridized carbons (Fsp3) is 0.677. The van der Waals surface area contributed by atoms with Crippen LogP contribution >= 0.6 is 0 Å². The average molecular weight is 557 g/mol. The van der Waals surface area contributed by atoms with Crippen molar-refractivity contribution in [3.63, 3.8) is 0 Å². The number of Topliss-reactive ketones (excluding diaryl/α,β-unsaturated/α-hetero) is 1. The number of cyclic esters (lactones) is 1. The highest BCUT2D eigenvalue weighted by Crippen LogP contribution is 2.68. The van der Waals surface area contributed by atoms with Crippen LogP contribution in [0.5, 0.6) is 0 Å². The minimum Gasteiger partial charge on any atom is -0.472 e. The van der Waals surface area contributed by atoms with Crippen LogP contribution in [-0.4, -0.2) is 48.1 Å². The van der Waals surface area contributed by atoms with Crippen molar-refractivity contribution in [2.45, 2.75) is 85.5 Å². The quantitative estimate of drug-likeness (QED) is 0.320. The molecule has 218 valence electrons. The van der Waals surface area contributed by atoms with Gasteiger partial charge in [-0.3, -0.25) is 14.4 Å². The maximum absolute atomic E-state index is 14.4. The molecule has 1 aliphatic heterocycles. The Hall–Kier alpha value is -2.94. The zero-order valence-corrected chi connectivity index (χ0v) is 24.3. The Kier molecular flexibility index (Phi) is 6.84. The second kappa shape index (κ2) is 9.57. The Morgan fingerprint density at radius 1 is 1.12 bits per heavy atom. The Morgan fingerprint density at radius 3 is 2.42 bits per heavy atom. The van der Waals surface area contributed by atoms with Crippen LogP contribution in [-0.2, 0) is 33.4 Å². The van der Waals surface area contributed by atoms with Gasteiger partial charge in [-0.1, -0.05) is 47.1 Å². The fourth-order valence-corrected chi connectivity index (χ4v) is 8.66. The first-order chi connectivity index (χ1) is 18.7. The molecule has 3 fully saturated rings. The first kappa shape index (κ1) is 28.6. The van der Waals surface area contributed by atoms with E-state index < -0.39 is 64.2 Å². The number of ketones is 1. The lowest BCUT2D eigenvalue weighted by Gasteiger charge is -2.64. The Bertz CT molecular complexity index is 1260. The van der Waals surface area contributed by atoms with Crippen LogP contribution < -0.4 is 0 Å². The molecule has 1 aromatic heterocycles. The van der Waals surface area contributed by atoms with Crippen molar-refractivity contribution >= 4 is 23.7 Å². The maximum Gasteiger partial charge on any atom is 0.335 e. The molecule has 3 aliphatic carbocycles. The van der Waals surface area contributed by atoms with Gasteiger partial charge in [-0.15, -0.1) is 0 Å². The van der Waals surface area contributed by atoms with E-state index in [0.717, 1.165) is 16.7 Å². The van der Waals surface area contributed by atoms with E-state index in [4.69, 9.17) is 18.6 Å².